The van der Waals surface area contributed by atoms with Gasteiger partial charge in [-0.05, 0) is 27.8 Å². The highest BCUT2D eigenvalue weighted by Crippen LogP contribution is 2.50. The van der Waals surface area contributed by atoms with Gasteiger partial charge in [-0.1, -0.05) is 152 Å². The van der Waals surface area contributed by atoms with E-state index < -0.39 is 106 Å². The molecule has 5 aromatic carbocycles. The number of amides is 3. The van der Waals surface area contributed by atoms with Gasteiger partial charge in [0.15, 0.2) is 6.29 Å². The van der Waals surface area contributed by atoms with Crippen LogP contribution >= 0.6 is 7.60 Å². The van der Waals surface area contributed by atoms with E-state index in [0.717, 1.165) is 27.8 Å². The van der Waals surface area contributed by atoms with Gasteiger partial charge in [-0.25, -0.2) is 4.79 Å². The number of carbonyl (C=O) groups is 3. The van der Waals surface area contributed by atoms with Crippen LogP contribution < -0.4 is 16.0 Å². The van der Waals surface area contributed by atoms with Crippen LogP contribution in [0.1, 0.15) is 41.7 Å². The third-order valence-electron chi connectivity index (χ3n) is 12.5. The molecule has 402 valence electrons. The molecule has 5 aromatic rings. The van der Waals surface area contributed by atoms with Crippen LogP contribution in [0.5, 0.6) is 0 Å². The molecule has 4 N–H and O–H groups in total. The van der Waals surface area contributed by atoms with E-state index in [1.807, 2.05) is 152 Å². The highest BCUT2D eigenvalue weighted by atomic mass is 31.2. The predicted octanol–water partition coefficient (Wildman–Crippen LogP) is 6.62. The van der Waals surface area contributed by atoms with E-state index >= 15 is 4.57 Å². The first kappa shape index (κ1) is 56.9. The standard InChI is InChI=1S/C56H68N3O15P/c1-39(61)58-49-48(73-46(31-60)51(67-32-41-19-9-4-10-20-41)53(49)69-34-43-23-13-6-14-24-43)38-75(64,65-3)72-37-47-52(68-33-42-21-11-5-12-22-42)54(70-35-44-25-15-7-16-26-44)50(59-40(2)62)55(74-47)66-30-29-57-56(63)71-36-45-27-17-8-18-28-45/h4-28,46-55,60H,29-38H2,1-3H3,(H,57,63)(H,58,61)(H,59,62)/t46-,47-,48-,49-,50+,51-,52-,53-,54-,55+,75?/m1/s1. The van der Waals surface area contributed by atoms with Crippen LogP contribution in [0.3, 0.4) is 0 Å². The lowest BCUT2D eigenvalue weighted by molar-refractivity contribution is -0.286. The Hall–Kier alpha value is -5.86. The minimum absolute atomic E-state index is 0.00366. The van der Waals surface area contributed by atoms with Crippen molar-refractivity contribution in [1.29, 1.82) is 0 Å². The number of rotatable bonds is 27. The van der Waals surface area contributed by atoms with Crippen LogP contribution in [-0.4, -0.2) is 124 Å². The Morgan fingerprint density at radius 3 is 1.39 bits per heavy atom. The molecule has 75 heavy (non-hydrogen) atoms. The summed E-state index contributed by atoms with van der Waals surface area (Å²) >= 11 is 0. The smallest absolute Gasteiger partial charge is 0.407 e. The molecule has 0 bridgehead atoms. The van der Waals surface area contributed by atoms with Crippen molar-refractivity contribution >= 4 is 25.5 Å². The highest BCUT2D eigenvalue weighted by Gasteiger charge is 2.52. The first-order chi connectivity index (χ1) is 36.5. The Morgan fingerprint density at radius 2 is 0.947 bits per heavy atom. The van der Waals surface area contributed by atoms with Crippen LogP contribution in [0.2, 0.25) is 0 Å². The second-order valence-corrected chi connectivity index (χ2v) is 20.3. The van der Waals surface area contributed by atoms with Gasteiger partial charge in [0.05, 0.1) is 64.6 Å². The molecule has 0 aliphatic carbocycles. The molecule has 2 aliphatic rings. The summed E-state index contributed by atoms with van der Waals surface area (Å²) in [5, 5.41) is 19.5. The fourth-order valence-corrected chi connectivity index (χ4v) is 10.3. The van der Waals surface area contributed by atoms with E-state index in [2.05, 4.69) is 16.0 Å². The highest BCUT2D eigenvalue weighted by molar-refractivity contribution is 7.53. The number of benzene rings is 5. The number of hydrogen-bond donors (Lipinski definition) is 4. The van der Waals surface area contributed by atoms with Gasteiger partial charge in [-0.2, -0.15) is 0 Å². The van der Waals surface area contributed by atoms with Crippen molar-refractivity contribution in [3.63, 3.8) is 0 Å². The predicted molar refractivity (Wildman–Crippen MR) is 276 cm³/mol. The maximum Gasteiger partial charge on any atom is 0.407 e. The molecule has 2 heterocycles. The van der Waals surface area contributed by atoms with Gasteiger partial charge in [0.2, 0.25) is 11.8 Å². The SMILES string of the molecule is COP(=O)(C[C@H]1O[C@H](CO)[C@@H](OCc2ccccc2)[C@H](OCc2ccccc2)[C@@H]1NC(C)=O)OC[C@H]1O[C@H](OCCNC(=O)OCc2ccccc2)[C@@H](NC(C)=O)[C@@H](OCc2ccccc2)[C@@H]1OCc1ccccc1. The molecule has 0 saturated carbocycles. The summed E-state index contributed by atoms with van der Waals surface area (Å²) in [5.74, 6) is -0.830. The molecule has 2 saturated heterocycles. The lowest BCUT2D eigenvalue weighted by atomic mass is 9.92. The summed E-state index contributed by atoms with van der Waals surface area (Å²) in [4.78, 5) is 38.7. The van der Waals surface area contributed by atoms with Gasteiger partial charge in [0, 0.05) is 27.5 Å². The van der Waals surface area contributed by atoms with Crippen molar-refractivity contribution in [1.82, 2.24) is 16.0 Å². The van der Waals surface area contributed by atoms with Crippen molar-refractivity contribution < 1.29 is 71.0 Å². The van der Waals surface area contributed by atoms with E-state index in [1.54, 1.807) is 0 Å². The van der Waals surface area contributed by atoms with Crippen LogP contribution in [0.4, 0.5) is 4.79 Å². The molecule has 3 amide bonds. The molecule has 19 heteroatoms. The zero-order valence-electron chi connectivity index (χ0n) is 42.4. The van der Waals surface area contributed by atoms with Crippen molar-refractivity contribution in [2.24, 2.45) is 0 Å². The minimum Gasteiger partial charge on any atom is -0.445 e. The molecule has 0 spiro atoms. The number of hydrogen-bond acceptors (Lipinski definition) is 15. The number of nitrogens with one attached hydrogen (secondary N) is 3. The average molecular weight is 1050 g/mol. The maximum absolute atomic E-state index is 15.1. The second kappa shape index (κ2) is 29.4. The lowest BCUT2D eigenvalue weighted by Gasteiger charge is -2.47. The molecule has 2 aliphatic heterocycles. The largest absolute Gasteiger partial charge is 0.445 e. The van der Waals surface area contributed by atoms with Gasteiger partial charge in [0.1, 0.15) is 49.3 Å². The van der Waals surface area contributed by atoms with E-state index in [9.17, 15) is 19.5 Å². The number of aliphatic hydroxyl groups excluding tert-OH is 1. The van der Waals surface area contributed by atoms with Crippen LogP contribution in [0.25, 0.3) is 0 Å². The molecule has 18 nitrogen and oxygen atoms in total. The van der Waals surface area contributed by atoms with E-state index in [1.165, 1.54) is 21.0 Å². The normalized spacial score (nSPS) is 24.3. The van der Waals surface area contributed by atoms with Gasteiger partial charge in [-0.15, -0.1) is 0 Å². The third-order valence-corrected chi connectivity index (χ3v) is 14.4. The Morgan fingerprint density at radius 1 is 0.533 bits per heavy atom. The Labute approximate surface area is 438 Å². The van der Waals surface area contributed by atoms with E-state index in [0.29, 0.717) is 0 Å². The quantitative estimate of drug-likeness (QED) is 0.0321. The Kier molecular flexibility index (Phi) is 22.3. The number of alkyl carbamates (subject to hydrolysis) is 1. The molecule has 7 rings (SSSR count). The topological polar surface area (TPSA) is 217 Å². The fourth-order valence-electron chi connectivity index (χ4n) is 8.85. The Bertz CT molecular complexity index is 2520. The summed E-state index contributed by atoms with van der Waals surface area (Å²) in [6, 6.07) is 45.1. The molecular weight excluding hydrogens is 986 g/mol. The summed E-state index contributed by atoms with van der Waals surface area (Å²) in [7, 11) is -3.01. The van der Waals surface area contributed by atoms with E-state index in [4.69, 9.17) is 46.9 Å². The molecule has 0 aromatic heterocycles. The van der Waals surface area contributed by atoms with Crippen molar-refractivity contribution in [3.8, 4) is 0 Å². The van der Waals surface area contributed by atoms with Gasteiger partial charge >= 0.3 is 13.7 Å². The maximum atomic E-state index is 15.1. The van der Waals surface area contributed by atoms with Gasteiger partial charge in [0.25, 0.3) is 0 Å². The first-order valence-corrected chi connectivity index (χ1v) is 26.7. The number of aliphatic hydroxyl groups is 1. The summed E-state index contributed by atoms with van der Waals surface area (Å²) < 4.78 is 78.5. The fraction of sp³-hybridized carbons (Fsp3) is 0.411. The number of ether oxygens (including phenoxy) is 8. The second-order valence-electron chi connectivity index (χ2n) is 18.1. The molecule has 11 atom stereocenters. The van der Waals surface area contributed by atoms with Crippen LogP contribution in [-0.2, 0) is 94.1 Å². The summed E-state index contributed by atoms with van der Waals surface area (Å²) in [6.07, 6.45) is -9.32. The minimum atomic E-state index is -4.25. The molecule has 2 fully saturated rings. The summed E-state index contributed by atoms with van der Waals surface area (Å²) in [6.45, 7) is 2.19. The van der Waals surface area contributed by atoms with Gasteiger partial charge in [-0.3, -0.25) is 14.2 Å². The van der Waals surface area contributed by atoms with Crippen molar-refractivity contribution in [2.75, 3.05) is 39.6 Å². The van der Waals surface area contributed by atoms with E-state index in [-0.39, 0.29) is 46.2 Å². The molecule has 1 unspecified atom stereocenters. The third kappa shape index (κ3) is 17.6. The van der Waals surface area contributed by atoms with Crippen molar-refractivity contribution in [3.05, 3.63) is 179 Å². The van der Waals surface area contributed by atoms with Crippen molar-refractivity contribution in [2.45, 2.75) is 108 Å². The number of carbonyl (C=O) groups excluding carboxylic acids is 3. The average Bonchev–Trinajstić information content (AvgIpc) is 3.43. The van der Waals surface area contributed by atoms with Crippen LogP contribution in [0, 0.1) is 0 Å². The monoisotopic (exact) mass is 1050 g/mol. The van der Waals surface area contributed by atoms with Gasteiger partial charge < -0.3 is 68.0 Å². The molecule has 0 radical (unpaired) electrons. The summed E-state index contributed by atoms with van der Waals surface area (Å²) in [5.41, 5.74) is 4.19. The van der Waals surface area contributed by atoms with Crippen LogP contribution in [0.15, 0.2) is 152 Å². The zero-order valence-corrected chi connectivity index (χ0v) is 43.3. The Balaban J connectivity index is 1.15. The zero-order chi connectivity index (χ0) is 52.8. The lowest BCUT2D eigenvalue weighted by Crippen LogP contribution is -2.66. The molecular formula is C56H68N3O15P. The first-order valence-electron chi connectivity index (χ1n) is 24.9.